The van der Waals surface area contributed by atoms with Gasteiger partial charge in [0.05, 0.1) is 0 Å². The minimum Gasteiger partial charge on any atom is -0.340 e. The average molecular weight is 290 g/mol. The lowest BCUT2D eigenvalue weighted by molar-refractivity contribution is -0.173. The number of nitrogens with zero attached hydrogens (tertiary/aromatic N) is 1. The number of carbonyl (C=O) groups excluding carboxylic acids is 2. The van der Waals surface area contributed by atoms with E-state index in [1.807, 2.05) is 25.7 Å². The molecule has 4 saturated carbocycles. The molecule has 1 heterocycles. The largest absolute Gasteiger partial charge is 0.340 e. The third-order valence-electron chi connectivity index (χ3n) is 6.47. The first-order chi connectivity index (χ1) is 9.81. The molecule has 1 aliphatic heterocycles. The summed E-state index contributed by atoms with van der Waals surface area (Å²) in [5.41, 5.74) is -0.785. The van der Waals surface area contributed by atoms with Gasteiger partial charge in [0.1, 0.15) is 11.6 Å². The summed E-state index contributed by atoms with van der Waals surface area (Å²) >= 11 is 0. The summed E-state index contributed by atoms with van der Waals surface area (Å²) in [6.07, 6.45) is 7.43. The zero-order valence-corrected chi connectivity index (χ0v) is 13.3. The summed E-state index contributed by atoms with van der Waals surface area (Å²) in [6, 6.07) is -0.318. The highest BCUT2D eigenvalue weighted by Gasteiger charge is 2.59. The van der Waals surface area contributed by atoms with Gasteiger partial charge in [-0.1, -0.05) is 0 Å². The predicted molar refractivity (Wildman–Crippen MR) is 79.4 cm³/mol. The van der Waals surface area contributed by atoms with Crippen LogP contribution in [0.25, 0.3) is 0 Å². The van der Waals surface area contributed by atoms with Crippen LogP contribution in [0.1, 0.15) is 59.3 Å². The smallest absolute Gasteiger partial charge is 0.248 e. The second-order valence-corrected chi connectivity index (χ2v) is 8.61. The average Bonchev–Trinajstić information content (AvgIpc) is 2.34. The van der Waals surface area contributed by atoms with Gasteiger partial charge in [-0.05, 0) is 77.0 Å². The Hall–Kier alpha value is -1.06. The maximum atomic E-state index is 13.0. The summed E-state index contributed by atoms with van der Waals surface area (Å²) in [6.45, 7) is 5.58. The molecule has 21 heavy (non-hydrogen) atoms. The van der Waals surface area contributed by atoms with Crippen molar-refractivity contribution in [3.05, 3.63) is 0 Å². The molecular formula is C17H26N2O2. The van der Waals surface area contributed by atoms with E-state index in [1.165, 1.54) is 19.3 Å². The third kappa shape index (κ3) is 1.80. The van der Waals surface area contributed by atoms with Crippen LogP contribution < -0.4 is 5.32 Å². The first-order valence-electron chi connectivity index (χ1n) is 8.46. The summed E-state index contributed by atoms with van der Waals surface area (Å²) in [5, 5.41) is 2.89. The van der Waals surface area contributed by atoms with Gasteiger partial charge in [-0.3, -0.25) is 9.59 Å². The molecule has 0 radical (unpaired) electrons. The van der Waals surface area contributed by atoms with E-state index in [4.69, 9.17) is 0 Å². The zero-order valence-electron chi connectivity index (χ0n) is 13.3. The molecule has 1 saturated heterocycles. The fourth-order valence-corrected chi connectivity index (χ4v) is 6.05. The second kappa shape index (κ2) is 4.02. The lowest BCUT2D eigenvalue weighted by Gasteiger charge is -2.63. The summed E-state index contributed by atoms with van der Waals surface area (Å²) in [4.78, 5) is 27.4. The van der Waals surface area contributed by atoms with Gasteiger partial charge in [-0.15, -0.1) is 0 Å². The van der Waals surface area contributed by atoms with Crippen LogP contribution in [0.2, 0.25) is 0 Å². The fourth-order valence-electron chi connectivity index (χ4n) is 6.05. The highest BCUT2D eigenvalue weighted by Crippen LogP contribution is 2.58. The Bertz CT molecular complexity index is 476. The Balaban J connectivity index is 1.74. The molecule has 4 aliphatic carbocycles. The van der Waals surface area contributed by atoms with Crippen molar-refractivity contribution in [1.29, 1.82) is 0 Å². The van der Waals surface area contributed by atoms with Gasteiger partial charge in [0.15, 0.2) is 0 Å². The van der Waals surface area contributed by atoms with E-state index in [9.17, 15) is 9.59 Å². The van der Waals surface area contributed by atoms with Crippen molar-refractivity contribution in [2.45, 2.75) is 76.4 Å². The number of piperazine rings is 1. The van der Waals surface area contributed by atoms with Crippen molar-refractivity contribution in [2.24, 2.45) is 17.8 Å². The summed E-state index contributed by atoms with van der Waals surface area (Å²) in [7, 11) is 0. The van der Waals surface area contributed by atoms with E-state index >= 15 is 0 Å². The second-order valence-electron chi connectivity index (χ2n) is 8.61. The van der Waals surface area contributed by atoms with Crippen molar-refractivity contribution < 1.29 is 9.59 Å². The Labute approximate surface area is 126 Å². The molecule has 5 aliphatic rings. The van der Waals surface area contributed by atoms with E-state index < -0.39 is 5.54 Å². The van der Waals surface area contributed by atoms with Crippen LogP contribution in [-0.4, -0.2) is 33.8 Å². The molecule has 116 valence electrons. The van der Waals surface area contributed by atoms with Gasteiger partial charge in [-0.25, -0.2) is 0 Å². The zero-order chi connectivity index (χ0) is 15.0. The molecule has 2 amide bonds. The molecule has 4 bridgehead atoms. The van der Waals surface area contributed by atoms with Gasteiger partial charge >= 0.3 is 0 Å². The number of hydrogen-bond donors (Lipinski definition) is 1. The van der Waals surface area contributed by atoms with Gasteiger partial charge < -0.3 is 10.2 Å². The quantitative estimate of drug-likeness (QED) is 0.804. The molecule has 0 spiro atoms. The molecule has 1 atom stereocenters. The van der Waals surface area contributed by atoms with Crippen LogP contribution in [0.15, 0.2) is 0 Å². The summed E-state index contributed by atoms with van der Waals surface area (Å²) in [5.74, 6) is 2.48. The first-order valence-corrected chi connectivity index (χ1v) is 8.46. The highest BCUT2D eigenvalue weighted by atomic mass is 16.2. The topological polar surface area (TPSA) is 49.4 Å². The maximum Gasteiger partial charge on any atom is 0.248 e. The van der Waals surface area contributed by atoms with Crippen LogP contribution in [0.3, 0.4) is 0 Å². The van der Waals surface area contributed by atoms with Crippen LogP contribution in [0, 0.1) is 17.8 Å². The van der Waals surface area contributed by atoms with Crippen LogP contribution >= 0.6 is 0 Å². The van der Waals surface area contributed by atoms with E-state index in [2.05, 4.69) is 5.32 Å². The van der Waals surface area contributed by atoms with Crippen molar-refractivity contribution in [2.75, 3.05) is 0 Å². The summed E-state index contributed by atoms with van der Waals surface area (Å²) < 4.78 is 0. The Kier molecular flexibility index (Phi) is 2.60. The molecular weight excluding hydrogens is 264 g/mol. The van der Waals surface area contributed by atoms with Gasteiger partial charge in [-0.2, -0.15) is 0 Å². The Morgan fingerprint density at radius 2 is 1.48 bits per heavy atom. The minimum atomic E-state index is -0.757. The van der Waals surface area contributed by atoms with Crippen molar-refractivity contribution >= 4 is 11.8 Å². The van der Waals surface area contributed by atoms with Crippen LogP contribution in [0.5, 0.6) is 0 Å². The predicted octanol–water partition coefficient (Wildman–Crippen LogP) is 2.08. The SMILES string of the molecule is CC1C(=O)NC(C)(C)C(=O)N1C12CC3CC(CC(C3)C1)C2. The Morgan fingerprint density at radius 3 is 1.95 bits per heavy atom. The van der Waals surface area contributed by atoms with Crippen molar-refractivity contribution in [3.63, 3.8) is 0 Å². The molecule has 4 nitrogen and oxygen atoms in total. The molecule has 1 unspecified atom stereocenters. The molecule has 5 rings (SSSR count). The number of carbonyl (C=O) groups is 2. The van der Waals surface area contributed by atoms with Gasteiger partial charge in [0.2, 0.25) is 11.8 Å². The van der Waals surface area contributed by atoms with E-state index in [1.54, 1.807) is 0 Å². The number of hydrogen-bond acceptors (Lipinski definition) is 2. The molecule has 0 aromatic carbocycles. The van der Waals surface area contributed by atoms with Gasteiger partial charge in [0, 0.05) is 5.54 Å². The molecule has 5 fully saturated rings. The Morgan fingerprint density at radius 1 is 1.00 bits per heavy atom. The lowest BCUT2D eigenvalue weighted by Crippen LogP contribution is -2.74. The molecule has 4 heteroatoms. The van der Waals surface area contributed by atoms with Crippen LogP contribution in [-0.2, 0) is 9.59 Å². The number of rotatable bonds is 1. The van der Waals surface area contributed by atoms with E-state index in [0.29, 0.717) is 0 Å². The standard InChI is InChI=1S/C17H26N2O2/c1-10-14(20)18-16(2,3)15(21)19(10)17-7-11-4-12(8-17)6-13(5-11)9-17/h10-13H,4-9H2,1-3H3,(H,18,20). The maximum absolute atomic E-state index is 13.0. The highest BCUT2D eigenvalue weighted by molar-refractivity contribution is 5.99. The van der Waals surface area contributed by atoms with E-state index in [0.717, 1.165) is 37.0 Å². The molecule has 0 aromatic rings. The van der Waals surface area contributed by atoms with Crippen LogP contribution in [0.4, 0.5) is 0 Å². The lowest BCUT2D eigenvalue weighted by atomic mass is 9.52. The first kappa shape index (κ1) is 13.6. The third-order valence-corrected chi connectivity index (χ3v) is 6.47. The van der Waals surface area contributed by atoms with Gasteiger partial charge in [0.25, 0.3) is 0 Å². The van der Waals surface area contributed by atoms with Crippen molar-refractivity contribution in [3.8, 4) is 0 Å². The normalized spacial score (nSPS) is 47.7. The number of amides is 2. The fraction of sp³-hybridized carbons (Fsp3) is 0.882. The minimum absolute atomic E-state index is 0.00958. The molecule has 1 N–H and O–H groups in total. The monoisotopic (exact) mass is 290 g/mol. The number of nitrogens with one attached hydrogen (secondary N) is 1. The van der Waals surface area contributed by atoms with E-state index in [-0.39, 0.29) is 23.4 Å². The molecule has 0 aromatic heterocycles. The van der Waals surface area contributed by atoms with Crippen molar-refractivity contribution in [1.82, 2.24) is 10.2 Å².